The molecule has 1 heterocycles. The molecule has 0 saturated carbocycles. The van der Waals surface area contributed by atoms with Gasteiger partial charge < -0.3 is 10.0 Å². The Balaban J connectivity index is 2.20. The maximum Gasteiger partial charge on any atom is 0.254 e. The van der Waals surface area contributed by atoms with Gasteiger partial charge in [0.25, 0.3) is 5.91 Å². The van der Waals surface area contributed by atoms with E-state index in [9.17, 15) is 9.90 Å². The van der Waals surface area contributed by atoms with Gasteiger partial charge in [-0.1, -0.05) is 6.07 Å². The average Bonchev–Trinajstić information content (AvgIpc) is 2.63. The van der Waals surface area contributed by atoms with Gasteiger partial charge in [-0.25, -0.2) is 0 Å². The Kier molecular flexibility index (Phi) is 2.62. The predicted molar refractivity (Wildman–Crippen MR) is 57.8 cm³/mol. The smallest absolute Gasteiger partial charge is 0.254 e. The van der Waals surface area contributed by atoms with Crippen molar-refractivity contribution in [3.63, 3.8) is 0 Å². The predicted octanol–water partition coefficient (Wildman–Crippen LogP) is 2.02. The van der Waals surface area contributed by atoms with E-state index >= 15 is 0 Å². The Hall–Kier alpha value is -1.51. The summed E-state index contributed by atoms with van der Waals surface area (Å²) in [6, 6.07) is 6.85. The van der Waals surface area contributed by atoms with Crippen LogP contribution in [0.4, 0.5) is 0 Å². The minimum Gasteiger partial charge on any atom is -0.508 e. The highest BCUT2D eigenvalue weighted by molar-refractivity contribution is 5.94. The molecule has 0 aliphatic carbocycles. The normalized spacial score (nSPS) is 20.6. The molecule has 1 unspecified atom stereocenters. The molecule has 1 atom stereocenters. The van der Waals surface area contributed by atoms with E-state index in [1.807, 2.05) is 4.90 Å². The van der Waals surface area contributed by atoms with Gasteiger partial charge in [0.2, 0.25) is 0 Å². The number of phenolic OH excluding ortho intramolecular Hbond substituents is 1. The monoisotopic (exact) mass is 205 g/mol. The van der Waals surface area contributed by atoms with Gasteiger partial charge in [-0.3, -0.25) is 4.79 Å². The SMILES string of the molecule is CC1CCCN1C(=O)c1cccc(O)c1. The fourth-order valence-electron chi connectivity index (χ4n) is 2.04. The Morgan fingerprint density at radius 3 is 2.93 bits per heavy atom. The van der Waals surface area contributed by atoms with E-state index < -0.39 is 0 Å². The Morgan fingerprint density at radius 2 is 2.33 bits per heavy atom. The molecule has 3 heteroatoms. The maximum absolute atomic E-state index is 12.0. The van der Waals surface area contributed by atoms with Crippen molar-refractivity contribution in [1.82, 2.24) is 4.90 Å². The van der Waals surface area contributed by atoms with Crippen molar-refractivity contribution in [1.29, 1.82) is 0 Å². The van der Waals surface area contributed by atoms with Crippen LogP contribution in [-0.4, -0.2) is 28.5 Å². The van der Waals surface area contributed by atoms with Gasteiger partial charge >= 0.3 is 0 Å². The van der Waals surface area contributed by atoms with Crippen LogP contribution in [0.3, 0.4) is 0 Å². The first-order valence-corrected chi connectivity index (χ1v) is 5.28. The molecule has 0 spiro atoms. The van der Waals surface area contributed by atoms with Gasteiger partial charge in [0.1, 0.15) is 5.75 Å². The molecule has 80 valence electrons. The number of amides is 1. The van der Waals surface area contributed by atoms with E-state index in [2.05, 4.69) is 6.92 Å². The second-order valence-corrected chi connectivity index (χ2v) is 4.04. The minimum atomic E-state index is 0.0240. The summed E-state index contributed by atoms with van der Waals surface area (Å²) >= 11 is 0. The topological polar surface area (TPSA) is 40.5 Å². The Bertz CT molecular complexity index is 376. The number of benzene rings is 1. The summed E-state index contributed by atoms with van der Waals surface area (Å²) in [5, 5.41) is 9.30. The van der Waals surface area contributed by atoms with Crippen LogP contribution in [0.15, 0.2) is 24.3 Å². The third-order valence-electron chi connectivity index (χ3n) is 2.91. The van der Waals surface area contributed by atoms with E-state index in [0.29, 0.717) is 11.6 Å². The van der Waals surface area contributed by atoms with Gasteiger partial charge in [-0.05, 0) is 38.0 Å². The van der Waals surface area contributed by atoms with E-state index in [0.717, 1.165) is 19.4 Å². The number of likely N-dealkylation sites (tertiary alicyclic amines) is 1. The highest BCUT2D eigenvalue weighted by Gasteiger charge is 2.25. The van der Waals surface area contributed by atoms with Gasteiger partial charge in [-0.15, -0.1) is 0 Å². The minimum absolute atomic E-state index is 0.0240. The number of phenols is 1. The van der Waals surface area contributed by atoms with Crippen molar-refractivity contribution in [2.45, 2.75) is 25.8 Å². The molecule has 1 aliphatic rings. The van der Waals surface area contributed by atoms with Gasteiger partial charge in [0.05, 0.1) is 0 Å². The third kappa shape index (κ3) is 1.96. The Morgan fingerprint density at radius 1 is 1.53 bits per heavy atom. The lowest BCUT2D eigenvalue weighted by Gasteiger charge is -2.21. The number of nitrogens with zero attached hydrogens (tertiary/aromatic N) is 1. The maximum atomic E-state index is 12.0. The third-order valence-corrected chi connectivity index (χ3v) is 2.91. The van der Waals surface area contributed by atoms with Gasteiger partial charge in [-0.2, -0.15) is 0 Å². The summed E-state index contributed by atoms with van der Waals surface area (Å²) in [5.74, 6) is 0.170. The summed E-state index contributed by atoms with van der Waals surface area (Å²) in [6.45, 7) is 2.89. The van der Waals surface area contributed by atoms with Crippen molar-refractivity contribution in [3.05, 3.63) is 29.8 Å². The van der Waals surface area contributed by atoms with Crippen LogP contribution in [-0.2, 0) is 0 Å². The molecule has 1 aliphatic heterocycles. The van der Waals surface area contributed by atoms with Crippen molar-refractivity contribution in [3.8, 4) is 5.75 Å². The fraction of sp³-hybridized carbons (Fsp3) is 0.417. The summed E-state index contributed by atoms with van der Waals surface area (Å²) in [5.41, 5.74) is 0.573. The molecular formula is C12H15NO2. The highest BCUT2D eigenvalue weighted by Crippen LogP contribution is 2.20. The molecule has 1 fully saturated rings. The average molecular weight is 205 g/mol. The van der Waals surface area contributed by atoms with Crippen LogP contribution in [0, 0.1) is 0 Å². The molecule has 0 bridgehead atoms. The molecule has 1 aromatic carbocycles. The zero-order valence-corrected chi connectivity index (χ0v) is 8.81. The molecule has 1 amide bonds. The summed E-state index contributed by atoms with van der Waals surface area (Å²) in [4.78, 5) is 13.9. The second-order valence-electron chi connectivity index (χ2n) is 4.04. The highest BCUT2D eigenvalue weighted by atomic mass is 16.3. The first-order valence-electron chi connectivity index (χ1n) is 5.28. The quantitative estimate of drug-likeness (QED) is 0.762. The molecule has 0 aromatic heterocycles. The number of rotatable bonds is 1. The van der Waals surface area contributed by atoms with Crippen LogP contribution in [0.25, 0.3) is 0 Å². The molecule has 1 aromatic rings. The van der Waals surface area contributed by atoms with Crippen molar-refractivity contribution < 1.29 is 9.90 Å². The number of aromatic hydroxyl groups is 1. The molecule has 1 N–H and O–H groups in total. The lowest BCUT2D eigenvalue weighted by Crippen LogP contribution is -2.33. The van der Waals surface area contributed by atoms with Crippen molar-refractivity contribution in [2.24, 2.45) is 0 Å². The number of hydrogen-bond donors (Lipinski definition) is 1. The molecule has 2 rings (SSSR count). The molecule has 1 saturated heterocycles. The number of carbonyl (C=O) groups is 1. The number of hydrogen-bond acceptors (Lipinski definition) is 2. The van der Waals surface area contributed by atoms with Crippen molar-refractivity contribution in [2.75, 3.05) is 6.54 Å². The van der Waals surface area contributed by atoms with Crippen LogP contribution in [0.2, 0.25) is 0 Å². The van der Waals surface area contributed by atoms with Crippen LogP contribution in [0.1, 0.15) is 30.1 Å². The van der Waals surface area contributed by atoms with Gasteiger partial charge in [0, 0.05) is 18.2 Å². The summed E-state index contributed by atoms with van der Waals surface area (Å²) in [6.07, 6.45) is 2.15. The number of carbonyl (C=O) groups excluding carboxylic acids is 1. The van der Waals surface area contributed by atoms with Crippen molar-refractivity contribution >= 4 is 5.91 Å². The summed E-state index contributed by atoms with van der Waals surface area (Å²) < 4.78 is 0. The van der Waals surface area contributed by atoms with E-state index in [-0.39, 0.29) is 11.7 Å². The second kappa shape index (κ2) is 3.93. The van der Waals surface area contributed by atoms with E-state index in [4.69, 9.17) is 0 Å². The summed E-state index contributed by atoms with van der Waals surface area (Å²) in [7, 11) is 0. The van der Waals surface area contributed by atoms with Crippen LogP contribution in [0.5, 0.6) is 5.75 Å². The zero-order valence-electron chi connectivity index (χ0n) is 8.81. The molecule has 15 heavy (non-hydrogen) atoms. The molecule has 3 nitrogen and oxygen atoms in total. The molecular weight excluding hydrogens is 190 g/mol. The largest absolute Gasteiger partial charge is 0.508 e. The Labute approximate surface area is 89.3 Å². The van der Waals surface area contributed by atoms with E-state index in [1.54, 1.807) is 18.2 Å². The standard InChI is InChI=1S/C12H15NO2/c1-9-4-3-7-13(9)12(15)10-5-2-6-11(14)8-10/h2,5-6,8-9,14H,3-4,7H2,1H3. The van der Waals surface area contributed by atoms with Crippen LogP contribution < -0.4 is 0 Å². The fourth-order valence-corrected chi connectivity index (χ4v) is 2.04. The first-order chi connectivity index (χ1) is 7.18. The van der Waals surface area contributed by atoms with E-state index in [1.165, 1.54) is 6.07 Å². The van der Waals surface area contributed by atoms with Crippen LogP contribution >= 0.6 is 0 Å². The van der Waals surface area contributed by atoms with Gasteiger partial charge in [0.15, 0.2) is 0 Å². The lowest BCUT2D eigenvalue weighted by atomic mass is 10.1. The molecule has 0 radical (unpaired) electrons. The lowest BCUT2D eigenvalue weighted by molar-refractivity contribution is 0.0747. The first kappa shape index (κ1) is 10.0. The zero-order chi connectivity index (χ0) is 10.8.